The van der Waals surface area contributed by atoms with E-state index in [1.165, 1.54) is 6.92 Å². The molecule has 0 radical (unpaired) electrons. The zero-order valence-electron chi connectivity index (χ0n) is 12.2. The standard InChI is InChI=1S/C17H15NO4/c1-17(13(19)7-8-14(17)20)12-9-15(21)18(16(12)22)10-11-5-3-2-4-6-11/h2-6,9H,7-8,10H2,1H3. The molecule has 2 amide bonds. The average molecular weight is 297 g/mol. The molecule has 0 saturated heterocycles. The number of carbonyl (C=O) groups is 4. The molecule has 0 atom stereocenters. The van der Waals surface area contributed by atoms with Crippen molar-refractivity contribution < 1.29 is 19.2 Å². The van der Waals surface area contributed by atoms with Crippen LogP contribution < -0.4 is 0 Å². The van der Waals surface area contributed by atoms with Crippen molar-refractivity contribution in [1.82, 2.24) is 4.90 Å². The van der Waals surface area contributed by atoms with Crippen LogP contribution in [0.25, 0.3) is 0 Å². The number of ketones is 2. The molecule has 1 aromatic rings. The molecule has 1 heterocycles. The molecule has 2 aliphatic rings. The molecule has 3 rings (SSSR count). The smallest absolute Gasteiger partial charge is 0.258 e. The molecule has 0 bridgehead atoms. The van der Waals surface area contributed by atoms with Crippen LogP contribution in [0.4, 0.5) is 0 Å². The normalized spacial score (nSPS) is 20.8. The SMILES string of the molecule is CC1(C2=CC(=O)N(Cc3ccccc3)C2=O)C(=O)CCC1=O. The second-order valence-electron chi connectivity index (χ2n) is 5.74. The van der Waals surface area contributed by atoms with E-state index in [-0.39, 0.29) is 36.5 Å². The van der Waals surface area contributed by atoms with Gasteiger partial charge in [0, 0.05) is 24.5 Å². The van der Waals surface area contributed by atoms with E-state index >= 15 is 0 Å². The summed E-state index contributed by atoms with van der Waals surface area (Å²) in [4.78, 5) is 49.9. The number of benzene rings is 1. The van der Waals surface area contributed by atoms with Crippen LogP contribution >= 0.6 is 0 Å². The molecule has 1 aromatic carbocycles. The van der Waals surface area contributed by atoms with Gasteiger partial charge >= 0.3 is 0 Å². The summed E-state index contributed by atoms with van der Waals surface area (Å²) in [5.41, 5.74) is -0.632. The maximum Gasteiger partial charge on any atom is 0.258 e. The summed E-state index contributed by atoms with van der Waals surface area (Å²) < 4.78 is 0. The summed E-state index contributed by atoms with van der Waals surface area (Å²) in [5.74, 6) is -1.59. The lowest BCUT2D eigenvalue weighted by molar-refractivity contribution is -0.141. The van der Waals surface area contributed by atoms with Gasteiger partial charge < -0.3 is 0 Å². The van der Waals surface area contributed by atoms with Crippen LogP contribution in [0.3, 0.4) is 0 Å². The minimum atomic E-state index is -1.46. The van der Waals surface area contributed by atoms with Gasteiger partial charge in [-0.05, 0) is 12.5 Å². The van der Waals surface area contributed by atoms with Crippen molar-refractivity contribution in [2.24, 2.45) is 5.41 Å². The second-order valence-corrected chi connectivity index (χ2v) is 5.74. The number of nitrogens with zero attached hydrogens (tertiary/aromatic N) is 1. The quantitative estimate of drug-likeness (QED) is 0.625. The van der Waals surface area contributed by atoms with E-state index < -0.39 is 17.2 Å². The van der Waals surface area contributed by atoms with Gasteiger partial charge in [0.25, 0.3) is 11.8 Å². The van der Waals surface area contributed by atoms with Gasteiger partial charge in [0.15, 0.2) is 11.6 Å². The summed E-state index contributed by atoms with van der Waals surface area (Å²) in [5, 5.41) is 0. The molecule has 5 heteroatoms. The highest BCUT2D eigenvalue weighted by Gasteiger charge is 2.53. The Morgan fingerprint density at radius 3 is 2.18 bits per heavy atom. The number of hydrogen-bond acceptors (Lipinski definition) is 4. The lowest BCUT2D eigenvalue weighted by Crippen LogP contribution is -2.38. The van der Waals surface area contributed by atoms with E-state index in [9.17, 15) is 19.2 Å². The third kappa shape index (κ3) is 2.01. The molecule has 1 fully saturated rings. The van der Waals surface area contributed by atoms with E-state index in [0.29, 0.717) is 0 Å². The lowest BCUT2D eigenvalue weighted by atomic mass is 9.78. The van der Waals surface area contributed by atoms with E-state index in [1.54, 1.807) is 0 Å². The van der Waals surface area contributed by atoms with Crippen LogP contribution in [0.2, 0.25) is 0 Å². The summed E-state index contributed by atoms with van der Waals surface area (Å²) >= 11 is 0. The molecule has 1 aliphatic heterocycles. The van der Waals surface area contributed by atoms with E-state index in [2.05, 4.69) is 0 Å². The first kappa shape index (κ1) is 14.4. The molecule has 0 aromatic heterocycles. The molecule has 5 nitrogen and oxygen atoms in total. The first-order valence-electron chi connectivity index (χ1n) is 7.13. The third-order valence-corrected chi connectivity index (χ3v) is 4.43. The fourth-order valence-electron chi connectivity index (χ4n) is 2.97. The predicted octanol–water partition coefficient (Wildman–Crippen LogP) is 1.42. The molecular formula is C17H15NO4. The van der Waals surface area contributed by atoms with Gasteiger partial charge in [-0.2, -0.15) is 0 Å². The van der Waals surface area contributed by atoms with Gasteiger partial charge in [-0.15, -0.1) is 0 Å². The third-order valence-electron chi connectivity index (χ3n) is 4.43. The van der Waals surface area contributed by atoms with Crippen LogP contribution in [-0.2, 0) is 25.7 Å². The molecule has 0 spiro atoms. The van der Waals surface area contributed by atoms with Crippen LogP contribution in [0, 0.1) is 5.41 Å². The summed E-state index contributed by atoms with van der Waals surface area (Å²) in [6.07, 6.45) is 1.41. The molecule has 0 N–H and O–H groups in total. The van der Waals surface area contributed by atoms with Crippen LogP contribution in [-0.4, -0.2) is 28.3 Å². The van der Waals surface area contributed by atoms with E-state index in [1.807, 2.05) is 30.3 Å². The predicted molar refractivity (Wildman–Crippen MR) is 77.4 cm³/mol. The van der Waals surface area contributed by atoms with Gasteiger partial charge in [-0.25, -0.2) is 0 Å². The van der Waals surface area contributed by atoms with Crippen LogP contribution in [0.5, 0.6) is 0 Å². The Morgan fingerprint density at radius 1 is 1.00 bits per heavy atom. The Hall–Kier alpha value is -2.56. The van der Waals surface area contributed by atoms with E-state index in [4.69, 9.17) is 0 Å². The topological polar surface area (TPSA) is 71.5 Å². The Kier molecular flexibility index (Phi) is 3.28. The Bertz CT molecular complexity index is 701. The molecular weight excluding hydrogens is 282 g/mol. The average Bonchev–Trinajstić information content (AvgIpc) is 2.94. The van der Waals surface area contributed by atoms with Gasteiger partial charge in [0.2, 0.25) is 0 Å². The Labute approximate surface area is 127 Å². The Balaban J connectivity index is 1.89. The fraction of sp³-hybridized carbons (Fsp3) is 0.294. The van der Waals surface area contributed by atoms with Crippen molar-refractivity contribution in [1.29, 1.82) is 0 Å². The minimum absolute atomic E-state index is 0.0148. The molecule has 1 aliphatic carbocycles. The summed E-state index contributed by atoms with van der Waals surface area (Å²) in [6, 6.07) is 9.11. The van der Waals surface area contributed by atoms with Crippen molar-refractivity contribution in [3.63, 3.8) is 0 Å². The number of Topliss-reactive ketones (excluding diaryl/α,β-unsaturated/α-hetero) is 2. The van der Waals surface area contributed by atoms with Gasteiger partial charge in [-0.1, -0.05) is 30.3 Å². The van der Waals surface area contributed by atoms with Crippen molar-refractivity contribution in [3.05, 3.63) is 47.5 Å². The summed E-state index contributed by atoms with van der Waals surface area (Å²) in [7, 11) is 0. The number of rotatable bonds is 3. The van der Waals surface area contributed by atoms with Crippen molar-refractivity contribution in [3.8, 4) is 0 Å². The molecule has 0 unspecified atom stereocenters. The molecule has 112 valence electrons. The first-order valence-corrected chi connectivity index (χ1v) is 7.13. The van der Waals surface area contributed by atoms with Crippen molar-refractivity contribution >= 4 is 23.4 Å². The highest BCUT2D eigenvalue weighted by atomic mass is 16.2. The maximum atomic E-state index is 12.5. The Morgan fingerprint density at radius 2 is 1.59 bits per heavy atom. The highest BCUT2D eigenvalue weighted by molar-refractivity contribution is 6.26. The number of hydrogen-bond donors (Lipinski definition) is 0. The van der Waals surface area contributed by atoms with Gasteiger partial charge in [-0.3, -0.25) is 24.1 Å². The van der Waals surface area contributed by atoms with Gasteiger partial charge in [0.1, 0.15) is 5.41 Å². The largest absolute Gasteiger partial charge is 0.298 e. The van der Waals surface area contributed by atoms with Crippen LogP contribution in [0.15, 0.2) is 42.0 Å². The number of amides is 2. The number of imide groups is 1. The zero-order chi connectivity index (χ0) is 15.9. The maximum absolute atomic E-state index is 12.5. The monoisotopic (exact) mass is 297 g/mol. The molecule has 1 saturated carbocycles. The van der Waals surface area contributed by atoms with Crippen molar-refractivity contribution in [2.45, 2.75) is 26.3 Å². The highest BCUT2D eigenvalue weighted by Crippen LogP contribution is 2.40. The van der Waals surface area contributed by atoms with Crippen LogP contribution in [0.1, 0.15) is 25.3 Å². The fourth-order valence-corrected chi connectivity index (χ4v) is 2.97. The zero-order valence-corrected chi connectivity index (χ0v) is 12.2. The van der Waals surface area contributed by atoms with Gasteiger partial charge in [0.05, 0.1) is 6.54 Å². The van der Waals surface area contributed by atoms with E-state index in [0.717, 1.165) is 16.5 Å². The first-order chi connectivity index (χ1) is 10.4. The number of carbonyl (C=O) groups excluding carboxylic acids is 4. The molecule has 22 heavy (non-hydrogen) atoms. The summed E-state index contributed by atoms with van der Waals surface area (Å²) in [6.45, 7) is 1.59. The second kappa shape index (κ2) is 5.02. The lowest BCUT2D eigenvalue weighted by Gasteiger charge is -2.22. The van der Waals surface area contributed by atoms with Crippen molar-refractivity contribution in [2.75, 3.05) is 0 Å². The minimum Gasteiger partial charge on any atom is -0.298 e.